The first kappa shape index (κ1) is 24.7. The number of ether oxygens (including phenoxy) is 1. The summed E-state index contributed by atoms with van der Waals surface area (Å²) in [6.07, 6.45) is 7.49. The Bertz CT molecular complexity index is 969. The standard InChI is InChI=1S/C22H33N7O.CH2O2/c1-3-4-10-30-22-26-19-17(18(12-23)25-20(19)21(24)27-22)8-6-5-7-9-29-14-15-11-16(29)13-28(15)2;2-1-3/h15-16,25H,3-11,13-14H2,1-2H3,(H2,24,26,27);1H,(H,2,3). The molecule has 4 rings (SSSR count). The van der Waals surface area contributed by atoms with Crippen LogP contribution in [0, 0.1) is 11.3 Å². The maximum atomic E-state index is 9.57. The number of H-pyrrole nitrogens is 1. The first-order valence-electron chi connectivity index (χ1n) is 11.7. The molecule has 2 saturated heterocycles. The van der Waals surface area contributed by atoms with Crippen LogP contribution in [-0.4, -0.2) is 81.7 Å². The molecule has 33 heavy (non-hydrogen) atoms. The number of nitrogen functional groups attached to an aromatic ring is 1. The minimum absolute atomic E-state index is 0.250. The van der Waals surface area contributed by atoms with E-state index in [2.05, 4.69) is 44.8 Å². The number of aromatic nitrogens is 3. The van der Waals surface area contributed by atoms with Crippen LogP contribution >= 0.6 is 0 Å². The van der Waals surface area contributed by atoms with Crippen LogP contribution in [0.25, 0.3) is 11.0 Å². The summed E-state index contributed by atoms with van der Waals surface area (Å²) in [6, 6.07) is 4.07. The third kappa shape index (κ3) is 5.92. The third-order valence-corrected chi connectivity index (χ3v) is 6.59. The van der Waals surface area contributed by atoms with Crippen LogP contribution in [-0.2, 0) is 11.2 Å². The molecule has 2 unspecified atom stereocenters. The molecule has 10 nitrogen and oxygen atoms in total. The molecular weight excluding hydrogens is 422 g/mol. The normalized spacial score (nSPS) is 19.9. The van der Waals surface area contributed by atoms with E-state index in [-0.39, 0.29) is 6.47 Å². The van der Waals surface area contributed by atoms with Gasteiger partial charge in [0.05, 0.1) is 6.61 Å². The molecular formula is C23H35N7O3. The van der Waals surface area contributed by atoms with Gasteiger partial charge in [0, 0.05) is 30.7 Å². The highest BCUT2D eigenvalue weighted by Crippen LogP contribution is 2.30. The van der Waals surface area contributed by atoms with E-state index in [9.17, 15) is 5.26 Å². The summed E-state index contributed by atoms with van der Waals surface area (Å²) < 4.78 is 5.66. The first-order chi connectivity index (χ1) is 16.0. The topological polar surface area (TPSA) is 144 Å². The second-order valence-electron chi connectivity index (χ2n) is 8.80. The molecule has 0 aliphatic carbocycles. The van der Waals surface area contributed by atoms with Crippen LogP contribution in [0.2, 0.25) is 0 Å². The van der Waals surface area contributed by atoms with E-state index in [0.717, 1.165) is 55.3 Å². The van der Waals surface area contributed by atoms with Crippen LogP contribution in [0.4, 0.5) is 5.82 Å². The van der Waals surface area contributed by atoms with Crippen LogP contribution < -0.4 is 10.5 Å². The van der Waals surface area contributed by atoms with Crippen molar-refractivity contribution in [2.24, 2.45) is 0 Å². The van der Waals surface area contributed by atoms with E-state index in [0.29, 0.717) is 29.6 Å². The van der Waals surface area contributed by atoms with Crippen molar-refractivity contribution in [2.75, 3.05) is 39.0 Å². The highest BCUT2D eigenvalue weighted by molar-refractivity contribution is 5.89. The lowest BCUT2D eigenvalue weighted by atomic mass is 10.1. The van der Waals surface area contributed by atoms with E-state index in [4.69, 9.17) is 20.4 Å². The van der Waals surface area contributed by atoms with E-state index in [1.807, 2.05) is 0 Å². The van der Waals surface area contributed by atoms with Crippen molar-refractivity contribution in [3.05, 3.63) is 11.3 Å². The van der Waals surface area contributed by atoms with Crippen LogP contribution in [0.3, 0.4) is 0 Å². The Morgan fingerprint density at radius 1 is 1.27 bits per heavy atom. The maximum absolute atomic E-state index is 9.57. The Morgan fingerprint density at radius 3 is 2.70 bits per heavy atom. The summed E-state index contributed by atoms with van der Waals surface area (Å²) in [4.78, 5) is 25.4. The molecule has 0 saturated carbocycles. The summed E-state index contributed by atoms with van der Waals surface area (Å²) in [5.74, 6) is 0.336. The number of nitrogens with one attached hydrogen (secondary N) is 1. The number of rotatable bonds is 10. The smallest absolute Gasteiger partial charge is 0.319 e. The molecule has 0 amide bonds. The Balaban J connectivity index is 0.000000968. The van der Waals surface area contributed by atoms with Crippen LogP contribution in [0.1, 0.15) is 56.7 Å². The Hall–Kier alpha value is -2.90. The summed E-state index contributed by atoms with van der Waals surface area (Å²) in [5.41, 5.74) is 8.94. The van der Waals surface area contributed by atoms with Gasteiger partial charge in [-0.05, 0) is 45.7 Å². The average molecular weight is 458 g/mol. The molecule has 0 aromatic carbocycles. The number of nitriles is 1. The van der Waals surface area contributed by atoms with Gasteiger partial charge in [-0.3, -0.25) is 9.69 Å². The SMILES string of the molecule is CCCCOc1nc(N)c2[nH]c(C#N)c(CCCCCN3CC4CC3CN4C)c2n1.O=CO. The summed E-state index contributed by atoms with van der Waals surface area (Å²) in [7, 11) is 2.24. The van der Waals surface area contributed by atoms with Crippen molar-refractivity contribution in [3.63, 3.8) is 0 Å². The van der Waals surface area contributed by atoms with Crippen molar-refractivity contribution in [1.29, 1.82) is 5.26 Å². The van der Waals surface area contributed by atoms with Gasteiger partial charge in [0.25, 0.3) is 6.47 Å². The Labute approximate surface area is 194 Å². The molecule has 4 heterocycles. The number of carboxylic acid groups (broad SMARTS) is 1. The summed E-state index contributed by atoms with van der Waals surface area (Å²) in [6.45, 7) is 6.05. The predicted molar refractivity (Wildman–Crippen MR) is 126 cm³/mol. The second-order valence-corrected chi connectivity index (χ2v) is 8.80. The third-order valence-electron chi connectivity index (χ3n) is 6.59. The Kier molecular flexibility index (Phi) is 8.86. The minimum atomic E-state index is -0.250. The zero-order chi connectivity index (χ0) is 23.8. The molecule has 2 aromatic heterocycles. The predicted octanol–water partition coefficient (Wildman–Crippen LogP) is 2.39. The zero-order valence-electron chi connectivity index (χ0n) is 19.6. The van der Waals surface area contributed by atoms with Crippen molar-refractivity contribution >= 4 is 23.3 Å². The lowest BCUT2D eigenvalue weighted by Gasteiger charge is -2.31. The number of anilines is 1. The number of likely N-dealkylation sites (N-methyl/N-ethyl adjacent to an activating group) is 1. The van der Waals surface area contributed by atoms with Gasteiger partial charge in [0.2, 0.25) is 0 Å². The number of carbonyl (C=O) groups is 1. The van der Waals surface area contributed by atoms with E-state index in [1.165, 1.54) is 32.5 Å². The van der Waals surface area contributed by atoms with Gasteiger partial charge in [-0.1, -0.05) is 19.8 Å². The van der Waals surface area contributed by atoms with Crippen molar-refractivity contribution in [1.82, 2.24) is 24.8 Å². The Morgan fingerprint density at radius 2 is 2.06 bits per heavy atom. The van der Waals surface area contributed by atoms with E-state index >= 15 is 0 Å². The average Bonchev–Trinajstić information content (AvgIpc) is 3.46. The second kappa shape index (κ2) is 11.8. The van der Waals surface area contributed by atoms with Gasteiger partial charge in [-0.2, -0.15) is 15.2 Å². The van der Waals surface area contributed by atoms with Gasteiger partial charge >= 0.3 is 6.01 Å². The fraction of sp³-hybridized carbons (Fsp3) is 0.652. The van der Waals surface area contributed by atoms with Crippen molar-refractivity contribution < 1.29 is 14.6 Å². The van der Waals surface area contributed by atoms with Gasteiger partial charge in [0.1, 0.15) is 22.8 Å². The maximum Gasteiger partial charge on any atom is 0.319 e. The van der Waals surface area contributed by atoms with Gasteiger partial charge in [-0.15, -0.1) is 0 Å². The number of piperazine rings is 1. The molecule has 4 N–H and O–H groups in total. The zero-order valence-corrected chi connectivity index (χ0v) is 19.6. The molecule has 2 aliphatic rings. The molecule has 0 radical (unpaired) electrons. The van der Waals surface area contributed by atoms with Gasteiger partial charge < -0.3 is 25.5 Å². The van der Waals surface area contributed by atoms with E-state index in [1.54, 1.807) is 0 Å². The number of nitrogens with zero attached hydrogens (tertiary/aromatic N) is 5. The van der Waals surface area contributed by atoms with Crippen LogP contribution in [0.5, 0.6) is 6.01 Å². The molecule has 2 atom stereocenters. The number of aryl methyl sites for hydroxylation is 1. The molecule has 2 bridgehead atoms. The number of unbranched alkanes of at least 4 members (excludes halogenated alkanes) is 3. The molecule has 180 valence electrons. The molecule has 2 fully saturated rings. The lowest BCUT2D eigenvalue weighted by Crippen LogP contribution is -2.44. The summed E-state index contributed by atoms with van der Waals surface area (Å²) >= 11 is 0. The highest BCUT2D eigenvalue weighted by atomic mass is 16.5. The molecule has 10 heteroatoms. The lowest BCUT2D eigenvalue weighted by molar-refractivity contribution is -0.122. The van der Waals surface area contributed by atoms with E-state index < -0.39 is 0 Å². The largest absolute Gasteiger partial charge is 0.483 e. The van der Waals surface area contributed by atoms with Crippen molar-refractivity contribution in [2.45, 2.75) is 64.0 Å². The first-order valence-corrected chi connectivity index (χ1v) is 11.7. The number of fused-ring (bicyclic) bond motifs is 3. The molecule has 0 spiro atoms. The number of aromatic amines is 1. The van der Waals surface area contributed by atoms with Crippen LogP contribution in [0.15, 0.2) is 0 Å². The monoisotopic (exact) mass is 457 g/mol. The van der Waals surface area contributed by atoms with Gasteiger partial charge in [0.15, 0.2) is 5.82 Å². The van der Waals surface area contributed by atoms with Crippen molar-refractivity contribution in [3.8, 4) is 12.1 Å². The fourth-order valence-electron chi connectivity index (χ4n) is 4.84. The number of hydrogen-bond donors (Lipinski definition) is 3. The minimum Gasteiger partial charge on any atom is -0.483 e. The molecule has 2 aliphatic heterocycles. The number of hydrogen-bond acceptors (Lipinski definition) is 8. The number of likely N-dealkylation sites (tertiary alicyclic amines) is 2. The number of nitrogens with two attached hydrogens (primary N) is 1. The quantitative estimate of drug-likeness (QED) is 0.362. The van der Waals surface area contributed by atoms with Gasteiger partial charge in [-0.25, -0.2) is 0 Å². The fourth-order valence-corrected chi connectivity index (χ4v) is 4.84. The molecule has 2 aromatic rings. The highest BCUT2D eigenvalue weighted by Gasteiger charge is 2.40. The summed E-state index contributed by atoms with van der Waals surface area (Å²) in [5, 5.41) is 16.5.